The van der Waals surface area contributed by atoms with E-state index in [2.05, 4.69) is 55.8 Å². The van der Waals surface area contributed by atoms with E-state index in [1.165, 1.54) is 24.2 Å². The molecule has 0 aromatic heterocycles. The predicted molar refractivity (Wildman–Crippen MR) is 75.2 cm³/mol. The maximum atomic E-state index is 3.63. The van der Waals surface area contributed by atoms with Crippen molar-refractivity contribution in [1.82, 2.24) is 5.32 Å². The van der Waals surface area contributed by atoms with Gasteiger partial charge in [0.05, 0.1) is 0 Å². The van der Waals surface area contributed by atoms with Crippen LogP contribution in [0, 0.1) is 0 Å². The lowest BCUT2D eigenvalue weighted by Crippen LogP contribution is -2.36. The van der Waals surface area contributed by atoms with E-state index in [0.29, 0.717) is 12.1 Å². The summed E-state index contributed by atoms with van der Waals surface area (Å²) in [5.41, 5.74) is 1.44. The zero-order valence-corrected chi connectivity index (χ0v) is 11.4. The van der Waals surface area contributed by atoms with Crippen LogP contribution in [0.3, 0.4) is 0 Å². The molecule has 90 valence electrons. The van der Waals surface area contributed by atoms with E-state index in [4.69, 9.17) is 0 Å². The molecule has 0 aliphatic heterocycles. The topological polar surface area (TPSA) is 12.0 Å². The monoisotopic (exact) mass is 237 g/mol. The van der Waals surface area contributed by atoms with Crippen LogP contribution in [0.4, 0.5) is 0 Å². The van der Waals surface area contributed by atoms with Gasteiger partial charge in [0.25, 0.3) is 0 Å². The standard InChI is InChI=1S/C14H23NS/c1-12(15-13(2)11-16-3)9-10-14-7-5-4-6-8-14/h4-8,12-13,15H,9-11H2,1-3H3. The molecule has 2 unspecified atom stereocenters. The van der Waals surface area contributed by atoms with E-state index in [1.54, 1.807) is 0 Å². The van der Waals surface area contributed by atoms with Crippen molar-refractivity contribution < 1.29 is 0 Å². The van der Waals surface area contributed by atoms with Gasteiger partial charge in [-0.2, -0.15) is 11.8 Å². The molecule has 0 saturated carbocycles. The lowest BCUT2D eigenvalue weighted by molar-refractivity contribution is 0.469. The van der Waals surface area contributed by atoms with Crippen molar-refractivity contribution in [1.29, 1.82) is 0 Å². The van der Waals surface area contributed by atoms with E-state index in [0.717, 1.165) is 0 Å². The van der Waals surface area contributed by atoms with Crippen LogP contribution in [0.1, 0.15) is 25.8 Å². The second kappa shape index (κ2) is 7.75. The molecule has 0 amide bonds. The van der Waals surface area contributed by atoms with Crippen LogP contribution in [0.2, 0.25) is 0 Å². The lowest BCUT2D eigenvalue weighted by atomic mass is 10.1. The minimum Gasteiger partial charge on any atom is -0.311 e. The van der Waals surface area contributed by atoms with Crippen molar-refractivity contribution in [3.63, 3.8) is 0 Å². The summed E-state index contributed by atoms with van der Waals surface area (Å²) in [6, 6.07) is 11.9. The summed E-state index contributed by atoms with van der Waals surface area (Å²) in [7, 11) is 0. The third-order valence-corrected chi connectivity index (χ3v) is 3.53. The predicted octanol–water partition coefficient (Wildman–Crippen LogP) is 3.35. The number of hydrogen-bond acceptors (Lipinski definition) is 2. The van der Waals surface area contributed by atoms with Crippen LogP contribution in [-0.2, 0) is 6.42 Å². The van der Waals surface area contributed by atoms with Crippen molar-refractivity contribution >= 4 is 11.8 Å². The molecule has 2 atom stereocenters. The molecule has 1 N–H and O–H groups in total. The summed E-state index contributed by atoms with van der Waals surface area (Å²) >= 11 is 1.90. The highest BCUT2D eigenvalue weighted by atomic mass is 32.2. The summed E-state index contributed by atoms with van der Waals surface area (Å²) in [5.74, 6) is 1.19. The van der Waals surface area contributed by atoms with Gasteiger partial charge >= 0.3 is 0 Å². The number of nitrogens with one attached hydrogen (secondary N) is 1. The van der Waals surface area contributed by atoms with Gasteiger partial charge in [0.15, 0.2) is 0 Å². The third-order valence-electron chi connectivity index (χ3n) is 2.69. The van der Waals surface area contributed by atoms with E-state index < -0.39 is 0 Å². The molecule has 0 saturated heterocycles. The average Bonchev–Trinajstić information content (AvgIpc) is 2.28. The molecule has 1 aromatic rings. The molecule has 0 fully saturated rings. The number of aryl methyl sites for hydroxylation is 1. The fourth-order valence-electron chi connectivity index (χ4n) is 1.89. The quantitative estimate of drug-likeness (QED) is 0.780. The Morgan fingerprint density at radius 2 is 1.81 bits per heavy atom. The maximum absolute atomic E-state index is 3.63. The number of hydrogen-bond donors (Lipinski definition) is 1. The minimum atomic E-state index is 0.599. The van der Waals surface area contributed by atoms with Gasteiger partial charge < -0.3 is 5.32 Å². The molecule has 2 heteroatoms. The molecular formula is C14H23NS. The zero-order chi connectivity index (χ0) is 11.8. The summed E-state index contributed by atoms with van der Waals surface area (Å²) < 4.78 is 0. The second-order valence-corrected chi connectivity index (χ2v) is 5.36. The Hall–Kier alpha value is -0.470. The van der Waals surface area contributed by atoms with Crippen LogP contribution in [0.5, 0.6) is 0 Å². The Bertz CT molecular complexity index is 273. The van der Waals surface area contributed by atoms with Gasteiger partial charge in [-0.1, -0.05) is 30.3 Å². The molecule has 1 rings (SSSR count). The smallest absolute Gasteiger partial charge is 0.0132 e. The second-order valence-electron chi connectivity index (χ2n) is 4.45. The first-order valence-electron chi connectivity index (χ1n) is 6.01. The van der Waals surface area contributed by atoms with Gasteiger partial charge in [-0.3, -0.25) is 0 Å². The van der Waals surface area contributed by atoms with Gasteiger partial charge in [-0.15, -0.1) is 0 Å². The first-order valence-corrected chi connectivity index (χ1v) is 7.40. The van der Waals surface area contributed by atoms with Gasteiger partial charge in [-0.25, -0.2) is 0 Å². The van der Waals surface area contributed by atoms with Crippen LogP contribution < -0.4 is 5.32 Å². The zero-order valence-electron chi connectivity index (χ0n) is 10.6. The first kappa shape index (κ1) is 13.6. The molecule has 1 nitrogen and oxygen atoms in total. The van der Waals surface area contributed by atoms with Gasteiger partial charge in [0, 0.05) is 17.8 Å². The van der Waals surface area contributed by atoms with Gasteiger partial charge in [0.2, 0.25) is 0 Å². The highest BCUT2D eigenvalue weighted by molar-refractivity contribution is 7.98. The molecule has 0 aliphatic rings. The third kappa shape index (κ3) is 5.57. The molecule has 0 bridgehead atoms. The fourth-order valence-corrected chi connectivity index (χ4v) is 2.49. The van der Waals surface area contributed by atoms with Crippen LogP contribution >= 0.6 is 11.8 Å². The Kier molecular flexibility index (Phi) is 6.58. The Morgan fingerprint density at radius 3 is 2.44 bits per heavy atom. The highest BCUT2D eigenvalue weighted by Gasteiger charge is 2.06. The summed E-state index contributed by atoms with van der Waals surface area (Å²) in [4.78, 5) is 0. The molecular weight excluding hydrogens is 214 g/mol. The Labute approximate surface area is 104 Å². The Balaban J connectivity index is 2.22. The molecule has 0 spiro atoms. The molecule has 0 radical (unpaired) electrons. The maximum Gasteiger partial charge on any atom is 0.0132 e. The molecule has 0 aliphatic carbocycles. The van der Waals surface area contributed by atoms with Crippen molar-refractivity contribution in [3.8, 4) is 0 Å². The van der Waals surface area contributed by atoms with E-state index in [1.807, 2.05) is 11.8 Å². The van der Waals surface area contributed by atoms with Crippen LogP contribution in [0.25, 0.3) is 0 Å². The molecule has 0 heterocycles. The van der Waals surface area contributed by atoms with E-state index >= 15 is 0 Å². The van der Waals surface area contributed by atoms with Crippen molar-refractivity contribution in [3.05, 3.63) is 35.9 Å². The largest absolute Gasteiger partial charge is 0.311 e. The van der Waals surface area contributed by atoms with Gasteiger partial charge in [0.1, 0.15) is 0 Å². The SMILES string of the molecule is CSCC(C)NC(C)CCc1ccccc1. The van der Waals surface area contributed by atoms with Gasteiger partial charge in [-0.05, 0) is 38.5 Å². The molecule has 1 aromatic carbocycles. The average molecular weight is 237 g/mol. The van der Waals surface area contributed by atoms with Crippen LogP contribution in [-0.4, -0.2) is 24.1 Å². The van der Waals surface area contributed by atoms with E-state index in [9.17, 15) is 0 Å². The Morgan fingerprint density at radius 1 is 1.12 bits per heavy atom. The van der Waals surface area contributed by atoms with Crippen LogP contribution in [0.15, 0.2) is 30.3 Å². The minimum absolute atomic E-state index is 0.599. The normalized spacial score (nSPS) is 14.7. The summed E-state index contributed by atoms with van der Waals surface area (Å²) in [6.45, 7) is 4.54. The number of thioether (sulfide) groups is 1. The summed E-state index contributed by atoms with van der Waals surface area (Å²) in [6.07, 6.45) is 4.54. The van der Waals surface area contributed by atoms with Crippen molar-refractivity contribution in [2.24, 2.45) is 0 Å². The summed E-state index contributed by atoms with van der Waals surface area (Å²) in [5, 5.41) is 3.63. The van der Waals surface area contributed by atoms with Crippen molar-refractivity contribution in [2.75, 3.05) is 12.0 Å². The fraction of sp³-hybridized carbons (Fsp3) is 0.571. The number of benzene rings is 1. The van der Waals surface area contributed by atoms with Crippen molar-refractivity contribution in [2.45, 2.75) is 38.8 Å². The number of rotatable bonds is 7. The van der Waals surface area contributed by atoms with E-state index in [-0.39, 0.29) is 0 Å². The lowest BCUT2D eigenvalue weighted by Gasteiger charge is -2.19. The first-order chi connectivity index (χ1) is 7.72. The highest BCUT2D eigenvalue weighted by Crippen LogP contribution is 2.06. The molecule has 16 heavy (non-hydrogen) atoms.